The summed E-state index contributed by atoms with van der Waals surface area (Å²) >= 11 is 0. The molecule has 3 aromatic heterocycles. The highest BCUT2D eigenvalue weighted by atomic mass is 35.5. The fraction of sp³-hybridized carbons (Fsp3) is 0.318. The second kappa shape index (κ2) is 10.7. The van der Waals surface area contributed by atoms with Gasteiger partial charge in [-0.25, -0.2) is 14.5 Å². The molecule has 184 valence electrons. The van der Waals surface area contributed by atoms with Crippen LogP contribution in [0.25, 0.3) is 17.1 Å². The summed E-state index contributed by atoms with van der Waals surface area (Å²) in [5.41, 5.74) is 1.10. The Hall–Kier alpha value is -3.74. The van der Waals surface area contributed by atoms with Crippen LogP contribution in [0.1, 0.15) is 15.9 Å². The van der Waals surface area contributed by atoms with Gasteiger partial charge in [0.25, 0.3) is 5.56 Å². The molecule has 4 heterocycles. The number of H-pyrrole nitrogens is 1. The Morgan fingerprint density at radius 3 is 2.69 bits per heavy atom. The second-order valence-electron chi connectivity index (χ2n) is 7.86. The number of halogens is 1. The van der Waals surface area contributed by atoms with Gasteiger partial charge in [0.15, 0.2) is 11.2 Å². The average Bonchev–Trinajstić information content (AvgIpc) is 3.49. The minimum Gasteiger partial charge on any atom is -0.492 e. The number of aromatic carboxylic acids is 1. The number of hydrogen-bond acceptors (Lipinski definition) is 8. The lowest BCUT2D eigenvalue weighted by Gasteiger charge is -2.26. The fourth-order valence-electron chi connectivity index (χ4n) is 3.72. The molecule has 0 radical (unpaired) electrons. The number of aromatic amines is 1. The van der Waals surface area contributed by atoms with Crippen molar-refractivity contribution in [3.05, 3.63) is 64.5 Å². The lowest BCUT2D eigenvalue weighted by molar-refractivity contribution is 0.0322. The standard InChI is InChI=1S/C22H23N7O5.ClH/c30-20-18-19(25-22(26-20)29-13-16(11-24-29)21(31)32)28(14-23-18)12-15-1-3-17(4-2-15)34-10-7-27-5-8-33-9-6-27;/h1-4,11,13-14H,5-10,12H2,(H,31,32)(H,25,26,30);1H. The summed E-state index contributed by atoms with van der Waals surface area (Å²) in [5, 5.41) is 13.1. The Balaban J connectivity index is 0.00000289. The number of ether oxygens (including phenoxy) is 2. The van der Waals surface area contributed by atoms with E-state index in [4.69, 9.17) is 14.6 Å². The summed E-state index contributed by atoms with van der Waals surface area (Å²) < 4.78 is 14.2. The number of hydrogen-bond donors (Lipinski definition) is 2. The van der Waals surface area contributed by atoms with E-state index in [-0.39, 0.29) is 29.4 Å². The molecule has 0 saturated carbocycles. The zero-order chi connectivity index (χ0) is 23.5. The molecule has 5 rings (SSSR count). The summed E-state index contributed by atoms with van der Waals surface area (Å²) in [5.74, 6) is -0.221. The van der Waals surface area contributed by atoms with Crippen LogP contribution < -0.4 is 10.3 Å². The topological polar surface area (TPSA) is 140 Å². The SMILES string of the molecule is Cl.O=C(O)c1cnn(-c2nc3c(ncn3Cc3ccc(OCCN4CCOCC4)cc3)c(=O)[nH]2)c1. The Morgan fingerprint density at radius 1 is 1.20 bits per heavy atom. The van der Waals surface area contributed by atoms with E-state index in [1.807, 2.05) is 24.3 Å². The van der Waals surface area contributed by atoms with E-state index >= 15 is 0 Å². The van der Waals surface area contributed by atoms with Gasteiger partial charge in [-0.05, 0) is 17.7 Å². The largest absolute Gasteiger partial charge is 0.492 e. The number of carbonyl (C=O) groups is 1. The first kappa shape index (κ1) is 24.4. The third-order valence-corrected chi connectivity index (χ3v) is 5.57. The smallest absolute Gasteiger partial charge is 0.338 e. The van der Waals surface area contributed by atoms with Crippen LogP contribution in [0, 0.1) is 0 Å². The van der Waals surface area contributed by atoms with Crippen molar-refractivity contribution >= 4 is 29.5 Å². The highest BCUT2D eigenvalue weighted by Crippen LogP contribution is 2.16. The van der Waals surface area contributed by atoms with Crippen molar-refractivity contribution in [3.8, 4) is 11.7 Å². The van der Waals surface area contributed by atoms with Gasteiger partial charge in [0.2, 0.25) is 5.95 Å². The predicted octanol–water partition coefficient (Wildman–Crippen LogP) is 1.18. The van der Waals surface area contributed by atoms with Crippen LogP contribution in [0.3, 0.4) is 0 Å². The van der Waals surface area contributed by atoms with Crippen molar-refractivity contribution in [3.63, 3.8) is 0 Å². The van der Waals surface area contributed by atoms with Crippen LogP contribution in [0.2, 0.25) is 0 Å². The van der Waals surface area contributed by atoms with Crippen molar-refractivity contribution in [2.24, 2.45) is 0 Å². The molecule has 2 N–H and O–H groups in total. The molecule has 1 aliphatic heterocycles. The number of imidazole rings is 1. The van der Waals surface area contributed by atoms with Crippen molar-refractivity contribution in [2.45, 2.75) is 6.54 Å². The number of fused-ring (bicyclic) bond motifs is 1. The molecule has 1 aliphatic rings. The van der Waals surface area contributed by atoms with Gasteiger partial charge in [-0.2, -0.15) is 10.1 Å². The minimum atomic E-state index is -1.12. The van der Waals surface area contributed by atoms with E-state index < -0.39 is 11.5 Å². The monoisotopic (exact) mass is 501 g/mol. The molecule has 35 heavy (non-hydrogen) atoms. The van der Waals surface area contributed by atoms with E-state index in [0.29, 0.717) is 18.8 Å². The maximum Gasteiger partial charge on any atom is 0.338 e. The molecule has 1 saturated heterocycles. The first-order valence-corrected chi connectivity index (χ1v) is 10.8. The molecule has 0 aliphatic carbocycles. The van der Waals surface area contributed by atoms with Crippen LogP contribution in [0.4, 0.5) is 0 Å². The summed E-state index contributed by atoms with van der Waals surface area (Å²) in [6.45, 7) is 5.31. The summed E-state index contributed by atoms with van der Waals surface area (Å²) in [4.78, 5) is 37.1. The minimum absolute atomic E-state index is 0. The van der Waals surface area contributed by atoms with E-state index in [9.17, 15) is 9.59 Å². The number of nitrogens with one attached hydrogen (secondary N) is 1. The first-order valence-electron chi connectivity index (χ1n) is 10.8. The molecule has 4 aromatic rings. The van der Waals surface area contributed by atoms with Gasteiger partial charge in [0.1, 0.15) is 12.4 Å². The number of rotatable bonds is 8. The van der Waals surface area contributed by atoms with Gasteiger partial charge in [0.05, 0.1) is 37.8 Å². The lowest BCUT2D eigenvalue weighted by Crippen LogP contribution is -2.38. The van der Waals surface area contributed by atoms with Gasteiger partial charge < -0.3 is 19.1 Å². The van der Waals surface area contributed by atoms with Crippen LogP contribution in [-0.2, 0) is 11.3 Å². The number of morpholine rings is 1. The zero-order valence-electron chi connectivity index (χ0n) is 18.7. The Bertz CT molecular complexity index is 1360. The van der Waals surface area contributed by atoms with Gasteiger partial charge in [-0.1, -0.05) is 12.1 Å². The van der Waals surface area contributed by atoms with Crippen LogP contribution in [0.5, 0.6) is 5.75 Å². The molecule has 0 spiro atoms. The van der Waals surface area contributed by atoms with Crippen molar-refractivity contribution in [2.75, 3.05) is 39.5 Å². The molecular formula is C22H24ClN7O5. The van der Waals surface area contributed by atoms with Crippen molar-refractivity contribution in [1.29, 1.82) is 0 Å². The number of benzene rings is 1. The second-order valence-corrected chi connectivity index (χ2v) is 7.86. The number of carboxylic acids is 1. The zero-order valence-corrected chi connectivity index (χ0v) is 19.5. The lowest BCUT2D eigenvalue weighted by atomic mass is 10.2. The number of nitrogens with zero attached hydrogens (tertiary/aromatic N) is 6. The Morgan fingerprint density at radius 2 is 1.97 bits per heavy atom. The molecule has 1 fully saturated rings. The molecule has 0 bridgehead atoms. The Labute approximate surface area is 205 Å². The van der Waals surface area contributed by atoms with E-state index in [0.717, 1.165) is 44.2 Å². The Kier molecular flexibility index (Phi) is 7.44. The van der Waals surface area contributed by atoms with Gasteiger partial charge >= 0.3 is 5.97 Å². The maximum absolute atomic E-state index is 12.5. The molecule has 1 aromatic carbocycles. The molecular weight excluding hydrogens is 478 g/mol. The molecule has 0 atom stereocenters. The van der Waals surface area contributed by atoms with Crippen LogP contribution >= 0.6 is 12.4 Å². The van der Waals surface area contributed by atoms with E-state index in [1.165, 1.54) is 17.1 Å². The molecule has 0 unspecified atom stereocenters. The highest BCUT2D eigenvalue weighted by Gasteiger charge is 2.14. The summed E-state index contributed by atoms with van der Waals surface area (Å²) in [7, 11) is 0. The summed E-state index contributed by atoms with van der Waals surface area (Å²) in [6.07, 6.45) is 4.02. The quantitative estimate of drug-likeness (QED) is 0.364. The van der Waals surface area contributed by atoms with Crippen LogP contribution in [-0.4, -0.2) is 84.7 Å². The van der Waals surface area contributed by atoms with Crippen molar-refractivity contribution < 1.29 is 19.4 Å². The third kappa shape index (κ3) is 5.50. The third-order valence-electron chi connectivity index (χ3n) is 5.57. The summed E-state index contributed by atoms with van der Waals surface area (Å²) in [6, 6.07) is 7.74. The van der Waals surface area contributed by atoms with Gasteiger partial charge in [-0.15, -0.1) is 12.4 Å². The normalized spacial score (nSPS) is 14.1. The fourth-order valence-corrected chi connectivity index (χ4v) is 3.72. The van der Waals surface area contributed by atoms with Gasteiger partial charge in [0, 0.05) is 25.8 Å². The predicted molar refractivity (Wildman–Crippen MR) is 128 cm³/mol. The average molecular weight is 502 g/mol. The maximum atomic E-state index is 12.5. The molecule has 0 amide bonds. The number of aromatic nitrogens is 6. The van der Waals surface area contributed by atoms with Crippen molar-refractivity contribution in [1.82, 2.24) is 34.2 Å². The van der Waals surface area contributed by atoms with E-state index in [1.54, 1.807) is 10.9 Å². The van der Waals surface area contributed by atoms with E-state index in [2.05, 4.69) is 25.0 Å². The van der Waals surface area contributed by atoms with Gasteiger partial charge in [-0.3, -0.25) is 14.7 Å². The molecule has 12 nitrogen and oxygen atoms in total. The number of carboxylic acid groups (broad SMARTS) is 1. The highest BCUT2D eigenvalue weighted by molar-refractivity contribution is 5.87. The first-order chi connectivity index (χ1) is 16.6. The molecule has 13 heteroatoms. The van der Waals surface area contributed by atoms with Crippen LogP contribution in [0.15, 0.2) is 47.8 Å².